The van der Waals surface area contributed by atoms with E-state index in [1.165, 1.54) is 11.9 Å². The minimum atomic E-state index is -1.12. The van der Waals surface area contributed by atoms with Gasteiger partial charge in [0.15, 0.2) is 6.61 Å². The summed E-state index contributed by atoms with van der Waals surface area (Å²) in [7, 11) is 0. The highest BCUT2D eigenvalue weighted by atomic mass is 35.5. The first kappa shape index (κ1) is 26.3. The molecule has 5 rings (SSSR count). The molecule has 1 aromatic heterocycles. The summed E-state index contributed by atoms with van der Waals surface area (Å²) < 4.78 is 10.0. The Balaban J connectivity index is 1.21. The van der Waals surface area contributed by atoms with Crippen molar-refractivity contribution in [1.29, 1.82) is 0 Å². The summed E-state index contributed by atoms with van der Waals surface area (Å²) >= 11 is 8.90. The van der Waals surface area contributed by atoms with E-state index in [0.717, 1.165) is 25.8 Å². The van der Waals surface area contributed by atoms with E-state index in [-0.39, 0.29) is 18.4 Å². The van der Waals surface area contributed by atoms with Crippen LogP contribution in [0.2, 0.25) is 5.02 Å². The van der Waals surface area contributed by atoms with E-state index in [1.807, 2.05) is 84.9 Å². The zero-order chi connectivity index (χ0) is 26.5. The van der Waals surface area contributed by atoms with Gasteiger partial charge < -0.3 is 15.2 Å². The third-order valence-corrected chi connectivity index (χ3v) is 8.86. The molecule has 2 unspecified atom stereocenters. The lowest BCUT2D eigenvalue weighted by Crippen LogP contribution is -2.36. The molecular weight excluding hydrogens is 540 g/mol. The van der Waals surface area contributed by atoms with Crippen LogP contribution in [0.4, 0.5) is 0 Å². The molecule has 3 aromatic carbocycles. The number of rotatable bonds is 11. The maximum atomic E-state index is 12.4. The van der Waals surface area contributed by atoms with Gasteiger partial charge in [0.25, 0.3) is 5.91 Å². The summed E-state index contributed by atoms with van der Waals surface area (Å²) in [6, 6.07) is 28.6. The summed E-state index contributed by atoms with van der Waals surface area (Å²) in [6.45, 7) is 0.264. The second-order valence-electron chi connectivity index (χ2n) is 8.95. The summed E-state index contributed by atoms with van der Waals surface area (Å²) in [4.78, 5) is 25.8. The SMILES string of the molecule is O=C(COc1ccccc1C1CC1(NSc1ccc(-c2ccc(Cl)cc2)s1)C(=O)O)NCc1ccccc1. The molecule has 1 aliphatic carbocycles. The van der Waals surface area contributed by atoms with Crippen molar-refractivity contribution >= 4 is 46.8 Å². The fraction of sp³-hybridized carbons (Fsp3) is 0.172. The number of thiophene rings is 1. The Morgan fingerprint density at radius 2 is 1.74 bits per heavy atom. The highest BCUT2D eigenvalue weighted by Gasteiger charge is 2.62. The monoisotopic (exact) mass is 564 g/mol. The number of nitrogens with one attached hydrogen (secondary N) is 2. The van der Waals surface area contributed by atoms with Crippen molar-refractivity contribution in [2.75, 3.05) is 6.61 Å². The molecule has 6 nitrogen and oxygen atoms in total. The molecule has 38 heavy (non-hydrogen) atoms. The molecule has 0 radical (unpaired) electrons. The fourth-order valence-corrected chi connectivity index (χ4v) is 6.37. The van der Waals surface area contributed by atoms with Gasteiger partial charge in [0.2, 0.25) is 0 Å². The lowest BCUT2D eigenvalue weighted by molar-refractivity contribution is -0.140. The van der Waals surface area contributed by atoms with Crippen molar-refractivity contribution in [2.45, 2.75) is 28.6 Å². The summed E-state index contributed by atoms with van der Waals surface area (Å²) in [5.74, 6) is -0.929. The van der Waals surface area contributed by atoms with Gasteiger partial charge in [-0.2, -0.15) is 0 Å². The number of benzene rings is 3. The average Bonchev–Trinajstić information content (AvgIpc) is 3.50. The quantitative estimate of drug-likeness (QED) is 0.183. The van der Waals surface area contributed by atoms with Crippen molar-refractivity contribution in [2.24, 2.45) is 0 Å². The van der Waals surface area contributed by atoms with Crippen molar-refractivity contribution in [3.8, 4) is 16.2 Å². The summed E-state index contributed by atoms with van der Waals surface area (Å²) in [5, 5.41) is 13.6. The molecule has 4 aromatic rings. The molecule has 0 spiro atoms. The molecule has 1 aliphatic rings. The maximum Gasteiger partial charge on any atom is 0.325 e. The zero-order valence-corrected chi connectivity index (χ0v) is 22.6. The van der Waals surface area contributed by atoms with Crippen molar-refractivity contribution < 1.29 is 19.4 Å². The van der Waals surface area contributed by atoms with E-state index in [4.69, 9.17) is 16.3 Å². The Bertz CT molecular complexity index is 1430. The number of carboxylic acids is 1. The molecule has 1 amide bonds. The molecule has 3 N–H and O–H groups in total. The van der Waals surface area contributed by atoms with Crippen LogP contribution in [0.1, 0.15) is 23.5 Å². The Hall–Kier alpha value is -3.30. The van der Waals surface area contributed by atoms with E-state index < -0.39 is 11.5 Å². The van der Waals surface area contributed by atoms with Gasteiger partial charge in [-0.15, -0.1) is 11.3 Å². The number of amides is 1. The molecule has 1 saturated carbocycles. The highest BCUT2D eigenvalue weighted by Crippen LogP contribution is 2.55. The van der Waals surface area contributed by atoms with Crippen LogP contribution in [0.3, 0.4) is 0 Å². The standard InChI is InChI=1S/C29H25ClN2O4S2/c30-21-12-10-20(11-13-21)25-14-15-27(37-25)38-32-29(28(34)35)16-23(29)22-8-4-5-9-24(22)36-18-26(33)31-17-19-6-2-1-3-7-19/h1-15,23,32H,16-18H2,(H,31,33)(H,34,35). The van der Waals surface area contributed by atoms with E-state index in [0.29, 0.717) is 23.7 Å². The maximum absolute atomic E-state index is 12.4. The second kappa shape index (κ2) is 11.6. The normalized spacial score (nSPS) is 18.1. The Morgan fingerprint density at radius 3 is 2.50 bits per heavy atom. The number of hydrogen-bond donors (Lipinski definition) is 3. The van der Waals surface area contributed by atoms with Gasteiger partial charge in [-0.1, -0.05) is 72.3 Å². The molecular formula is C29H25ClN2O4S2. The predicted octanol–water partition coefficient (Wildman–Crippen LogP) is 6.37. The topological polar surface area (TPSA) is 87.7 Å². The van der Waals surface area contributed by atoms with Crippen LogP contribution in [0.15, 0.2) is 95.2 Å². The molecule has 0 bridgehead atoms. The van der Waals surface area contributed by atoms with Crippen molar-refractivity contribution in [3.05, 3.63) is 107 Å². The van der Waals surface area contributed by atoms with Crippen molar-refractivity contribution in [3.63, 3.8) is 0 Å². The number of ether oxygens (including phenoxy) is 1. The highest BCUT2D eigenvalue weighted by molar-refractivity contribution is 7.99. The molecule has 9 heteroatoms. The number of carbonyl (C=O) groups is 2. The summed E-state index contributed by atoms with van der Waals surface area (Å²) in [5.41, 5.74) is 1.71. The predicted molar refractivity (Wildman–Crippen MR) is 152 cm³/mol. The zero-order valence-electron chi connectivity index (χ0n) is 20.2. The van der Waals surface area contributed by atoms with Crippen molar-refractivity contribution in [1.82, 2.24) is 10.0 Å². The molecule has 0 saturated heterocycles. The second-order valence-corrected chi connectivity index (χ2v) is 11.6. The number of carbonyl (C=O) groups excluding carboxylic acids is 1. The number of aliphatic carboxylic acids is 1. The largest absolute Gasteiger partial charge is 0.483 e. The van der Waals surface area contributed by atoms with Crippen LogP contribution in [-0.2, 0) is 16.1 Å². The average molecular weight is 565 g/mol. The van der Waals surface area contributed by atoms with Gasteiger partial charge in [-0.25, -0.2) is 4.72 Å². The van der Waals surface area contributed by atoms with Crippen LogP contribution in [0.25, 0.3) is 10.4 Å². The minimum Gasteiger partial charge on any atom is -0.483 e. The smallest absolute Gasteiger partial charge is 0.325 e. The summed E-state index contributed by atoms with van der Waals surface area (Å²) in [6.07, 6.45) is 0.422. The molecule has 2 atom stereocenters. The third kappa shape index (κ3) is 6.05. The van der Waals surface area contributed by atoms with Gasteiger partial charge in [0, 0.05) is 22.4 Å². The Morgan fingerprint density at radius 1 is 1.00 bits per heavy atom. The van der Waals surface area contributed by atoms with E-state index in [1.54, 1.807) is 17.4 Å². The van der Waals surface area contributed by atoms with Crippen LogP contribution in [0, 0.1) is 0 Å². The van der Waals surface area contributed by atoms with Crippen LogP contribution in [-0.4, -0.2) is 29.1 Å². The van der Waals surface area contributed by atoms with Crippen LogP contribution >= 0.6 is 34.9 Å². The molecule has 1 heterocycles. The van der Waals surface area contributed by atoms with E-state index in [9.17, 15) is 14.7 Å². The molecule has 0 aliphatic heterocycles. The van der Waals surface area contributed by atoms with Gasteiger partial charge in [0.1, 0.15) is 11.3 Å². The number of carboxylic acid groups (broad SMARTS) is 1. The third-order valence-electron chi connectivity index (χ3n) is 6.37. The van der Waals surface area contributed by atoms with Gasteiger partial charge >= 0.3 is 5.97 Å². The minimum absolute atomic E-state index is 0.151. The number of halogens is 1. The first-order chi connectivity index (χ1) is 18.4. The fourth-order valence-electron chi connectivity index (χ4n) is 4.21. The molecule has 194 valence electrons. The molecule has 1 fully saturated rings. The van der Waals surface area contributed by atoms with Crippen LogP contribution in [0.5, 0.6) is 5.75 Å². The lowest BCUT2D eigenvalue weighted by atomic mass is 10.1. The van der Waals surface area contributed by atoms with Crippen LogP contribution < -0.4 is 14.8 Å². The Kier molecular flexibility index (Phi) is 8.04. The van der Waals surface area contributed by atoms with E-state index >= 15 is 0 Å². The number of para-hydroxylation sites is 1. The number of hydrogen-bond acceptors (Lipinski definition) is 6. The van der Waals surface area contributed by atoms with Gasteiger partial charge in [-0.3, -0.25) is 9.59 Å². The van der Waals surface area contributed by atoms with Gasteiger partial charge in [-0.05, 0) is 65.4 Å². The first-order valence-electron chi connectivity index (χ1n) is 12.0. The van der Waals surface area contributed by atoms with E-state index in [2.05, 4.69) is 10.0 Å². The van der Waals surface area contributed by atoms with Gasteiger partial charge in [0.05, 0.1) is 4.21 Å². The first-order valence-corrected chi connectivity index (χ1v) is 14.0. The Labute approximate surface area is 234 Å². The lowest BCUT2D eigenvalue weighted by Gasteiger charge is -2.16.